The lowest BCUT2D eigenvalue weighted by Crippen LogP contribution is -1.84. The molecule has 15 heavy (non-hydrogen) atoms. The summed E-state index contributed by atoms with van der Waals surface area (Å²) in [7, 11) is 0. The predicted molar refractivity (Wildman–Crippen MR) is 56.7 cm³/mol. The van der Waals surface area contributed by atoms with Crippen LogP contribution in [-0.2, 0) is 0 Å². The zero-order valence-corrected chi connectivity index (χ0v) is 9.13. The Morgan fingerprint density at radius 1 is 1.20 bits per heavy atom. The van der Waals surface area contributed by atoms with E-state index >= 15 is 0 Å². The van der Waals surface area contributed by atoms with Crippen molar-refractivity contribution in [1.29, 1.82) is 0 Å². The minimum absolute atomic E-state index is 0.186. The molecule has 78 valence electrons. The molecule has 5 heteroatoms. The average Bonchev–Trinajstić information content (AvgIpc) is 2.61. The number of hydrogen-bond donors (Lipinski definition) is 1. The Labute approximate surface area is 93.4 Å². The summed E-state index contributed by atoms with van der Waals surface area (Å²) in [4.78, 5) is 0. The van der Waals surface area contributed by atoms with Crippen LogP contribution in [0.3, 0.4) is 0 Å². The number of nitrogens with zero attached hydrogens (tertiary/aromatic N) is 1. The van der Waals surface area contributed by atoms with Crippen molar-refractivity contribution >= 4 is 15.9 Å². The van der Waals surface area contributed by atoms with Gasteiger partial charge in [-0.05, 0) is 15.9 Å². The molecule has 0 amide bonds. The number of hydrogen-bond acceptors (Lipinski definition) is 1. The number of H-pyrrole nitrogens is 1. The van der Waals surface area contributed by atoms with Gasteiger partial charge in [0.2, 0.25) is 0 Å². The molecule has 1 aromatic carbocycles. The molecular weight excluding hydrogens is 266 g/mol. The van der Waals surface area contributed by atoms with Gasteiger partial charge in [-0.3, -0.25) is 5.10 Å². The van der Waals surface area contributed by atoms with E-state index in [9.17, 15) is 8.78 Å². The molecule has 0 spiro atoms. The summed E-state index contributed by atoms with van der Waals surface area (Å²) in [6.45, 7) is 0. The maximum atomic E-state index is 12.5. The van der Waals surface area contributed by atoms with Gasteiger partial charge in [0.05, 0.1) is 4.47 Å². The van der Waals surface area contributed by atoms with Gasteiger partial charge in [0, 0.05) is 5.56 Å². The van der Waals surface area contributed by atoms with E-state index in [0.717, 1.165) is 5.56 Å². The largest absolute Gasteiger partial charge is 0.280 e. The van der Waals surface area contributed by atoms with E-state index in [0.29, 0.717) is 10.2 Å². The second-order valence-corrected chi connectivity index (χ2v) is 3.76. The van der Waals surface area contributed by atoms with Crippen LogP contribution in [0.25, 0.3) is 11.3 Å². The van der Waals surface area contributed by atoms with E-state index < -0.39 is 6.43 Å². The van der Waals surface area contributed by atoms with E-state index in [1.807, 2.05) is 30.3 Å². The van der Waals surface area contributed by atoms with Crippen molar-refractivity contribution in [2.45, 2.75) is 6.43 Å². The van der Waals surface area contributed by atoms with Crippen LogP contribution < -0.4 is 0 Å². The maximum absolute atomic E-state index is 12.5. The fourth-order valence-corrected chi connectivity index (χ4v) is 1.85. The zero-order valence-electron chi connectivity index (χ0n) is 7.55. The second-order valence-electron chi connectivity index (χ2n) is 2.97. The summed E-state index contributed by atoms with van der Waals surface area (Å²) < 4.78 is 25.2. The summed E-state index contributed by atoms with van der Waals surface area (Å²) in [6, 6.07) is 9.15. The zero-order chi connectivity index (χ0) is 10.8. The highest BCUT2D eigenvalue weighted by Crippen LogP contribution is 2.33. The van der Waals surface area contributed by atoms with Crippen LogP contribution in [-0.4, -0.2) is 10.2 Å². The Balaban J connectivity index is 2.47. The number of halogens is 3. The lowest BCUT2D eigenvalue weighted by Gasteiger charge is -1.97. The first-order valence-electron chi connectivity index (χ1n) is 4.27. The minimum atomic E-state index is -2.55. The van der Waals surface area contributed by atoms with E-state index in [2.05, 4.69) is 26.1 Å². The Morgan fingerprint density at radius 2 is 1.87 bits per heavy atom. The third-order valence-electron chi connectivity index (χ3n) is 2.00. The average molecular weight is 273 g/mol. The minimum Gasteiger partial charge on any atom is -0.275 e. The number of aromatic nitrogens is 2. The third-order valence-corrected chi connectivity index (χ3v) is 2.80. The van der Waals surface area contributed by atoms with Crippen LogP contribution in [0.4, 0.5) is 8.78 Å². The SMILES string of the molecule is FC(F)c1[nH]nc(-c2ccccc2)c1Br. The Kier molecular flexibility index (Phi) is 2.81. The van der Waals surface area contributed by atoms with Gasteiger partial charge in [-0.25, -0.2) is 8.78 Å². The highest BCUT2D eigenvalue weighted by Gasteiger charge is 2.18. The molecule has 0 unspecified atom stereocenters. The first kappa shape index (κ1) is 10.3. The fourth-order valence-electron chi connectivity index (χ4n) is 1.27. The van der Waals surface area contributed by atoms with Crippen LogP contribution in [0.2, 0.25) is 0 Å². The first-order valence-corrected chi connectivity index (χ1v) is 5.06. The van der Waals surface area contributed by atoms with Crippen LogP contribution >= 0.6 is 15.9 Å². The fraction of sp³-hybridized carbons (Fsp3) is 0.100. The van der Waals surface area contributed by atoms with Gasteiger partial charge in [0.1, 0.15) is 11.4 Å². The normalized spacial score (nSPS) is 10.9. The smallest absolute Gasteiger partial charge is 0.275 e. The molecule has 0 aliphatic carbocycles. The Hall–Kier alpha value is -1.23. The second kappa shape index (κ2) is 4.10. The van der Waals surface area contributed by atoms with Crippen molar-refractivity contribution in [1.82, 2.24) is 10.2 Å². The van der Waals surface area contributed by atoms with Crippen molar-refractivity contribution in [2.75, 3.05) is 0 Å². The summed E-state index contributed by atoms with van der Waals surface area (Å²) in [6.07, 6.45) is -2.55. The van der Waals surface area contributed by atoms with Gasteiger partial charge >= 0.3 is 0 Å². The van der Waals surface area contributed by atoms with E-state index in [-0.39, 0.29) is 5.69 Å². The van der Waals surface area contributed by atoms with Crippen molar-refractivity contribution in [3.05, 3.63) is 40.5 Å². The van der Waals surface area contributed by atoms with Crippen LogP contribution in [0.5, 0.6) is 0 Å². The molecule has 1 N–H and O–H groups in total. The quantitative estimate of drug-likeness (QED) is 0.886. The molecule has 0 aliphatic rings. The summed E-state index contributed by atoms with van der Waals surface area (Å²) in [5.74, 6) is 0. The maximum Gasteiger partial charge on any atom is 0.280 e. The van der Waals surface area contributed by atoms with Crippen molar-refractivity contribution in [3.8, 4) is 11.3 Å². The van der Waals surface area contributed by atoms with E-state index in [1.54, 1.807) is 0 Å². The lowest BCUT2D eigenvalue weighted by atomic mass is 10.1. The van der Waals surface area contributed by atoms with Gasteiger partial charge in [-0.2, -0.15) is 5.10 Å². The third kappa shape index (κ3) is 1.92. The van der Waals surface area contributed by atoms with Gasteiger partial charge < -0.3 is 0 Å². The molecule has 0 aliphatic heterocycles. The summed E-state index contributed by atoms with van der Waals surface area (Å²) in [5, 5.41) is 6.18. The topological polar surface area (TPSA) is 28.7 Å². The molecule has 0 saturated heterocycles. The standard InChI is InChI=1S/C10H7BrF2N2/c11-7-8(6-4-2-1-3-5-6)14-15-9(7)10(12)13/h1-5,10H,(H,14,15). The van der Waals surface area contributed by atoms with Crippen LogP contribution in [0.1, 0.15) is 12.1 Å². The molecule has 0 fully saturated rings. The first-order chi connectivity index (χ1) is 7.20. The predicted octanol–water partition coefficient (Wildman–Crippen LogP) is 3.78. The molecule has 0 saturated carbocycles. The number of nitrogens with one attached hydrogen (secondary N) is 1. The monoisotopic (exact) mass is 272 g/mol. The van der Waals surface area contributed by atoms with Crippen molar-refractivity contribution < 1.29 is 8.78 Å². The van der Waals surface area contributed by atoms with Gasteiger partial charge in [-0.1, -0.05) is 30.3 Å². The van der Waals surface area contributed by atoms with Gasteiger partial charge in [-0.15, -0.1) is 0 Å². The Morgan fingerprint density at radius 3 is 2.40 bits per heavy atom. The molecule has 2 rings (SSSR count). The molecule has 2 aromatic rings. The van der Waals surface area contributed by atoms with Crippen LogP contribution in [0, 0.1) is 0 Å². The molecule has 0 atom stereocenters. The number of alkyl halides is 2. The number of benzene rings is 1. The molecule has 2 nitrogen and oxygen atoms in total. The summed E-state index contributed by atoms with van der Waals surface area (Å²) in [5.41, 5.74) is 1.12. The summed E-state index contributed by atoms with van der Waals surface area (Å²) >= 11 is 3.11. The van der Waals surface area contributed by atoms with Gasteiger partial charge in [0.15, 0.2) is 0 Å². The molecule has 0 bridgehead atoms. The van der Waals surface area contributed by atoms with Gasteiger partial charge in [0.25, 0.3) is 6.43 Å². The molecule has 1 heterocycles. The van der Waals surface area contributed by atoms with Crippen molar-refractivity contribution in [2.24, 2.45) is 0 Å². The van der Waals surface area contributed by atoms with E-state index in [1.165, 1.54) is 0 Å². The molecule has 0 radical (unpaired) electrons. The number of aromatic amines is 1. The highest BCUT2D eigenvalue weighted by atomic mass is 79.9. The highest BCUT2D eigenvalue weighted by molar-refractivity contribution is 9.10. The Bertz CT molecular complexity index is 454. The van der Waals surface area contributed by atoms with Crippen LogP contribution in [0.15, 0.2) is 34.8 Å². The lowest BCUT2D eigenvalue weighted by molar-refractivity contribution is 0.145. The molecular formula is C10H7BrF2N2. The number of rotatable bonds is 2. The molecule has 1 aromatic heterocycles. The van der Waals surface area contributed by atoms with Crippen molar-refractivity contribution in [3.63, 3.8) is 0 Å². The van der Waals surface area contributed by atoms with E-state index in [4.69, 9.17) is 0 Å².